The number of fused-ring (bicyclic) bond motifs is 6. The van der Waals surface area contributed by atoms with Crippen LogP contribution in [0, 0.1) is 25.5 Å². The normalized spacial score (nSPS) is 17.3. The Morgan fingerprint density at radius 3 is 1.63 bits per heavy atom. The van der Waals surface area contributed by atoms with Crippen molar-refractivity contribution in [2.45, 2.75) is 60.2 Å². The molecule has 1 aliphatic heterocycles. The molecule has 0 bridgehead atoms. The van der Waals surface area contributed by atoms with E-state index in [9.17, 15) is 8.78 Å². The average Bonchev–Trinajstić information content (AvgIpc) is 1.58. The molecule has 9 heterocycles. The molecule has 1 fully saturated rings. The molecular weight excluding hydrogens is 961 g/mol. The van der Waals surface area contributed by atoms with Crippen LogP contribution in [-0.2, 0) is 9.31 Å². The number of anilines is 4. The molecule has 11 rings (SSSR count). The molecule has 0 radical (unpaired) electrons. The van der Waals surface area contributed by atoms with Gasteiger partial charge in [0.2, 0.25) is 0 Å². The summed E-state index contributed by atoms with van der Waals surface area (Å²) in [5.74, 6) is 1.98. The fraction of sp³-hybridized carbons (Fsp3) is 0.224. The first-order chi connectivity index (χ1) is 69.4. The number of nitrogen functional groups attached to an aromatic ring is 2. The summed E-state index contributed by atoms with van der Waals surface area (Å²) >= 11 is 6.30. The van der Waals surface area contributed by atoms with E-state index < -0.39 is 7.12 Å². The maximum absolute atomic E-state index is 14.3. The average molecular weight is 1160 g/mol. The van der Waals surface area contributed by atoms with Gasteiger partial charge in [0.15, 0.2) is 11.5 Å². The fourth-order valence-corrected chi connectivity index (χ4v) is 7.88. The van der Waals surface area contributed by atoms with Crippen LogP contribution in [0.3, 0.4) is 0 Å². The van der Waals surface area contributed by atoms with E-state index in [-0.39, 0.29) is 54.7 Å². The van der Waals surface area contributed by atoms with Crippen molar-refractivity contribution in [1.82, 2.24) is 59.8 Å². The summed E-state index contributed by atoms with van der Waals surface area (Å²) in [6, 6.07) is 13.0. The molecule has 8 aromatic heterocycles. The van der Waals surface area contributed by atoms with Crippen LogP contribution in [0.4, 0.5) is 31.8 Å². The Morgan fingerprint density at radius 2 is 1.14 bits per heavy atom. The number of rotatable bonds is 8. The number of pyridine rings is 2. The number of hydrogen-bond donors (Lipinski definition) is 6. The Bertz CT molecular complexity index is 3770. The first-order valence-corrected chi connectivity index (χ1v) is 22.6. The van der Waals surface area contributed by atoms with Crippen molar-refractivity contribution in [3.05, 3.63) is 114 Å². The SMILES string of the molecule is C.CC1(C)OB(c2cccnc2N)OC1(C)C.CNc1cc(F)cc2c1[nH]c1nc(Oc3cnc(C)nc3)nc(-c3cccnc3N)c12.CNc1cc(F)cc2c1[nH]c1nc(Oc3cnc(C)nc3)nc(Cl)c12.[2HH].[2H][2H].[2H][2H].[2H][2H].[2H][2H].[2H][2H].[2H][2H].[2H][2H].[2H][2H].[2H][2H].[2H][2H].[2H][2H].[2H][2H].[2H][2H].[2H][2H].[2H][2H].[2H][2H].[2H][2H].[2H][2H].[2H][2H].[2H][2H].[2H][2H].[2H][2H].[2H][2H].[2H][2H].[2H][2H].[2H][2H].[2H][2H].[2H][2H].[2H][2H].[2H][2H].[2H][2H].[2H][2H].[2H][2H].[2H][2H].[2H][2H]. The molecule has 1 saturated heterocycles. The lowest BCUT2D eigenvalue weighted by atomic mass is 9.79. The van der Waals surface area contributed by atoms with Crippen molar-refractivity contribution >= 4 is 91.1 Å². The third-order valence-electron chi connectivity index (χ3n) is 11.9. The summed E-state index contributed by atoms with van der Waals surface area (Å²) in [6.45, 7) is 11.6. The van der Waals surface area contributed by atoms with Crippen LogP contribution >= 0.6 is 11.6 Å². The highest BCUT2D eigenvalue weighted by atomic mass is 35.5. The van der Waals surface area contributed by atoms with Crippen LogP contribution in [0.5, 0.6) is 23.5 Å². The highest BCUT2D eigenvalue weighted by Gasteiger charge is 2.52. The van der Waals surface area contributed by atoms with Crippen LogP contribution in [0.15, 0.2) is 85.7 Å². The maximum Gasteiger partial charge on any atom is 0.498 e. The van der Waals surface area contributed by atoms with Gasteiger partial charge >= 0.3 is 19.1 Å². The van der Waals surface area contributed by atoms with Crippen molar-refractivity contribution in [2.75, 3.05) is 36.2 Å². The Balaban J connectivity index is -0.0000000394. The highest BCUT2D eigenvalue weighted by molar-refractivity contribution is 6.63. The largest absolute Gasteiger partial charge is 0.498 e. The Labute approximate surface area is 531 Å². The van der Waals surface area contributed by atoms with Crippen LogP contribution in [-0.4, -0.2) is 92.2 Å². The molecule has 20 nitrogen and oxygen atoms in total. The zero-order chi connectivity index (χ0) is 121. The van der Waals surface area contributed by atoms with E-state index in [1.54, 1.807) is 52.5 Å². The van der Waals surface area contributed by atoms with Crippen LogP contribution < -0.4 is 37.0 Å². The van der Waals surface area contributed by atoms with Crippen molar-refractivity contribution < 1.29 is 133 Å². The van der Waals surface area contributed by atoms with Gasteiger partial charge in [-0.1, -0.05) is 25.1 Å². The van der Waals surface area contributed by atoms with E-state index in [1.807, 2.05) is 39.8 Å². The molecule has 8 N–H and O–H groups in total. The number of nitrogens with zero attached hydrogens (tertiary/aromatic N) is 10. The first kappa shape index (κ1) is 23.0. The predicted octanol–water partition coefficient (Wildman–Crippen LogP) is 18.1. The molecule has 0 aliphatic carbocycles. The Hall–Kier alpha value is -8.41. The molecule has 0 amide bonds. The molecule has 0 saturated carbocycles. The van der Waals surface area contributed by atoms with E-state index in [1.165, 1.54) is 49.1 Å². The molecule has 0 atom stereocenters. The zero-order valence-electron chi connectivity index (χ0n) is 110. The van der Waals surface area contributed by atoms with Crippen molar-refractivity contribution in [2.24, 2.45) is 0 Å². The van der Waals surface area contributed by atoms with Crippen molar-refractivity contribution in [1.29, 1.82) is 0 Å². The number of benzene rings is 2. The Kier molecular flexibility index (Phi) is 6.42. The molecule has 0 spiro atoms. The lowest BCUT2D eigenvalue weighted by Crippen LogP contribution is -2.41. The summed E-state index contributed by atoms with van der Waals surface area (Å²) in [7, 11) is 3.00. The number of nitrogens with one attached hydrogen (secondary N) is 4. The molecule has 0 unspecified atom stereocenters. The molecule has 446 valence electrons. The fourth-order valence-electron chi connectivity index (χ4n) is 7.62. The van der Waals surface area contributed by atoms with Gasteiger partial charge in [-0.15, -0.1) is 0 Å². The number of aromatic nitrogens is 12. The monoisotopic (exact) mass is 1150 g/mol. The number of aromatic amines is 2. The smallest absolute Gasteiger partial charge is 0.421 e. The van der Waals surface area contributed by atoms with Gasteiger partial charge in [0.25, 0.3) is 0 Å². The third-order valence-corrected chi connectivity index (χ3v) is 12.2. The second kappa shape index (κ2) is 20.4. The molecule has 2 aromatic carbocycles. The topological polar surface area (TPSA) is 274 Å². The minimum absolute atomic E-state index is 0. The van der Waals surface area contributed by atoms with Crippen molar-refractivity contribution in [3.63, 3.8) is 0 Å². The second-order valence-electron chi connectivity index (χ2n) is 17.2. The van der Waals surface area contributed by atoms with E-state index in [0.717, 1.165) is 5.46 Å². The van der Waals surface area contributed by atoms with Crippen molar-refractivity contribution in [3.8, 4) is 34.8 Å². The minimum atomic E-state index is -0.432. The van der Waals surface area contributed by atoms with Gasteiger partial charge in [-0.25, -0.2) is 38.7 Å². The van der Waals surface area contributed by atoms with Gasteiger partial charge in [-0.2, -0.15) is 19.9 Å². The number of aryl methyl sites for hydroxylation is 2. The maximum atomic E-state index is 14.3. The van der Waals surface area contributed by atoms with Crippen LogP contribution in [0.2, 0.25) is 5.15 Å². The summed E-state index contributed by atoms with van der Waals surface area (Å²) in [6.07, 6.45) is 9.35. The van der Waals surface area contributed by atoms with Gasteiger partial charge in [-0.05, 0) is 84.0 Å². The highest BCUT2D eigenvalue weighted by Crippen LogP contribution is 2.40. The second-order valence-corrected chi connectivity index (χ2v) is 17.6. The van der Waals surface area contributed by atoms with Crippen LogP contribution in [0.25, 0.3) is 55.1 Å². The zero-order valence-corrected chi connectivity index (χ0v) is 40.8. The molecule has 1 aliphatic rings. The first-order valence-electron chi connectivity index (χ1n) is 57.2. The summed E-state index contributed by atoms with van der Waals surface area (Å²) in [4.78, 5) is 48.4. The molecular formula is C49H122BClF2N16O4. The van der Waals surface area contributed by atoms with E-state index in [0.29, 0.717) is 95.5 Å². The Morgan fingerprint density at radius 1 is 0.671 bits per heavy atom. The molecule has 24 heteroatoms. The summed E-state index contributed by atoms with van der Waals surface area (Å²) in [5.41, 5.74) is 16.6. The van der Waals surface area contributed by atoms with Gasteiger partial charge in [0.05, 0.1) is 74.9 Å². The molecule has 10 aromatic rings. The lowest BCUT2D eigenvalue weighted by molar-refractivity contribution is 0.00578. The number of nitrogens with two attached hydrogens (primary N) is 2. The minimum Gasteiger partial charge on any atom is -0.421 e. The van der Waals surface area contributed by atoms with Gasteiger partial charge in [-0.3, -0.25) is 0 Å². The van der Waals surface area contributed by atoms with E-state index in [4.69, 9.17) is 146 Å². The standard InChI is InChI=1S/C21H17FN8O.C16H12ClFN6O.C11H17BN2O2.CH4.36H2/c1-10-26-8-12(9-27-10)31-21-29-18(13-4-3-5-25-19(13)23)16-14-6-11(22)7-15(24-2)17(14)28-20(16)30-21;1-7-20-5-9(6-21-7)25-16-23-14(17)12-10-3-8(18)4-11(19-2)13(10)22-15(12)24-16;1-10(2)11(3,4)16-12(15-10)8-6-5-7-14-9(8)13;;;;;;;;;;;;;;;;;;;;;;;;;;;;;;;;;;;;;/h3-9,24H,1-2H3,(H2,23,25)(H,28,29,30);3-6,19H,1-2H3,(H,22,23,24);5-7H,1-4H3,(H2,13,14);1H4;36*1H/i;;;;35*1+1D;1+1. The number of H-pyrrole nitrogens is 2. The predicted molar refractivity (Wildman–Crippen MR) is 355 cm³/mol. The van der Waals surface area contributed by atoms with Crippen LogP contribution in [0.1, 0.15) is 152 Å². The van der Waals surface area contributed by atoms with Gasteiger partial charge < -0.3 is 50.9 Å². The molecule has 73 heavy (non-hydrogen) atoms. The third kappa shape index (κ3) is 10.4. The van der Waals surface area contributed by atoms with Gasteiger partial charge in [0, 0.05) is 154 Å². The number of ether oxygens (including phenoxy) is 2. The van der Waals surface area contributed by atoms with E-state index >= 15 is 0 Å². The quantitative estimate of drug-likeness (QED) is 0.0609. The number of halogens is 3. The summed E-state index contributed by atoms with van der Waals surface area (Å²) < 4.78 is 401. The van der Waals surface area contributed by atoms with Gasteiger partial charge in [0.1, 0.15) is 51.4 Å². The lowest BCUT2D eigenvalue weighted by Gasteiger charge is -2.32. The van der Waals surface area contributed by atoms with E-state index in [2.05, 4.69) is 70.4 Å². The number of hydrogen-bond acceptors (Lipinski definition) is 18. The summed E-state index contributed by atoms with van der Waals surface area (Å²) in [5, 5.41) is 8.44.